The first-order valence-electron chi connectivity index (χ1n) is 6.51. The van der Waals surface area contributed by atoms with Crippen molar-refractivity contribution in [2.45, 2.75) is 58.1 Å². The van der Waals surface area contributed by atoms with Gasteiger partial charge in [-0.2, -0.15) is 0 Å². The van der Waals surface area contributed by atoms with Crippen molar-refractivity contribution in [2.24, 2.45) is 5.73 Å². The Labute approximate surface area is 115 Å². The van der Waals surface area contributed by atoms with Gasteiger partial charge < -0.3 is 15.4 Å². The largest absolute Gasteiger partial charge is 0.392 e. The molecule has 2 N–H and O–H groups in total. The summed E-state index contributed by atoms with van der Waals surface area (Å²) in [6.45, 7) is 6.28. The molecule has 0 heterocycles. The van der Waals surface area contributed by atoms with Crippen LogP contribution in [0.25, 0.3) is 0 Å². The molecule has 0 radical (unpaired) electrons. The fourth-order valence-corrected chi connectivity index (χ4v) is 2.30. The van der Waals surface area contributed by atoms with Crippen LogP contribution in [0.5, 0.6) is 0 Å². The molecule has 0 atom stereocenters. The maximum absolute atomic E-state index is 12.2. The topological polar surface area (TPSA) is 55.6 Å². The van der Waals surface area contributed by atoms with E-state index in [0.29, 0.717) is 11.5 Å². The average molecular weight is 272 g/mol. The summed E-state index contributed by atoms with van der Waals surface area (Å²) in [6.07, 6.45) is 4.44. The van der Waals surface area contributed by atoms with E-state index in [1.54, 1.807) is 4.90 Å². The van der Waals surface area contributed by atoms with Gasteiger partial charge in [-0.15, -0.1) is 0 Å². The highest BCUT2D eigenvalue weighted by Crippen LogP contribution is 2.23. The molecule has 0 unspecified atom stereocenters. The summed E-state index contributed by atoms with van der Waals surface area (Å²) in [5.41, 5.74) is 5.27. The molecule has 0 aliphatic heterocycles. The van der Waals surface area contributed by atoms with E-state index in [1.807, 2.05) is 20.8 Å². The van der Waals surface area contributed by atoms with Gasteiger partial charge in [0.05, 0.1) is 17.1 Å². The molecular formula is C13H24N2O2S. The van der Waals surface area contributed by atoms with Crippen LogP contribution < -0.4 is 5.73 Å². The van der Waals surface area contributed by atoms with Gasteiger partial charge in [0.1, 0.15) is 6.61 Å². The Morgan fingerprint density at radius 1 is 1.39 bits per heavy atom. The van der Waals surface area contributed by atoms with Crippen molar-refractivity contribution >= 4 is 23.1 Å². The lowest BCUT2D eigenvalue weighted by Gasteiger charge is -2.30. The maximum atomic E-state index is 12.2. The third-order valence-electron chi connectivity index (χ3n) is 3.04. The number of rotatable bonds is 5. The minimum absolute atomic E-state index is 0.00961. The third-order valence-corrected chi connectivity index (χ3v) is 3.17. The molecule has 1 amide bonds. The van der Waals surface area contributed by atoms with Crippen LogP contribution in [0.15, 0.2) is 0 Å². The molecule has 1 fully saturated rings. The molecule has 4 nitrogen and oxygen atoms in total. The van der Waals surface area contributed by atoms with Gasteiger partial charge in [0, 0.05) is 6.04 Å². The zero-order chi connectivity index (χ0) is 13.8. The van der Waals surface area contributed by atoms with Crippen LogP contribution >= 0.6 is 12.2 Å². The Morgan fingerprint density at radius 2 is 1.94 bits per heavy atom. The highest BCUT2D eigenvalue weighted by atomic mass is 32.1. The molecule has 5 heteroatoms. The minimum atomic E-state index is -0.305. The van der Waals surface area contributed by atoms with E-state index >= 15 is 0 Å². The maximum Gasteiger partial charge on any atom is 0.249 e. The molecular weight excluding hydrogens is 248 g/mol. The summed E-state index contributed by atoms with van der Waals surface area (Å²) >= 11 is 4.93. The van der Waals surface area contributed by atoms with Gasteiger partial charge in [-0.05, 0) is 33.6 Å². The zero-order valence-electron chi connectivity index (χ0n) is 11.6. The van der Waals surface area contributed by atoms with Crippen LogP contribution in [0, 0.1) is 0 Å². The van der Waals surface area contributed by atoms with E-state index in [-0.39, 0.29) is 24.2 Å². The first kappa shape index (κ1) is 15.4. The van der Waals surface area contributed by atoms with E-state index < -0.39 is 0 Å². The lowest BCUT2D eigenvalue weighted by atomic mass is 10.2. The summed E-state index contributed by atoms with van der Waals surface area (Å²) in [6, 6.07) is 0.280. The zero-order valence-corrected chi connectivity index (χ0v) is 12.4. The van der Waals surface area contributed by atoms with Crippen molar-refractivity contribution in [3.05, 3.63) is 0 Å². The average Bonchev–Trinajstić information content (AvgIpc) is 2.74. The Bertz CT molecular complexity index is 307. The van der Waals surface area contributed by atoms with Crippen LogP contribution in [-0.4, -0.2) is 40.6 Å². The van der Waals surface area contributed by atoms with Crippen molar-refractivity contribution < 1.29 is 9.53 Å². The summed E-state index contributed by atoms with van der Waals surface area (Å²) in [4.78, 5) is 14.4. The molecule has 0 aromatic heterocycles. The standard InChI is InChI=1S/C13H24N2O2S/c1-13(2,3)17-9-12(16)15(8-11(14)18)10-6-4-5-7-10/h10H,4-9H2,1-3H3,(H2,14,18). The molecule has 0 aromatic carbocycles. The predicted molar refractivity (Wildman–Crippen MR) is 76.5 cm³/mol. The fraction of sp³-hybridized carbons (Fsp3) is 0.846. The quantitative estimate of drug-likeness (QED) is 0.776. The first-order chi connectivity index (χ1) is 8.29. The Kier molecular flexibility index (Phi) is 5.53. The highest BCUT2D eigenvalue weighted by molar-refractivity contribution is 7.80. The number of nitrogens with zero attached hydrogens (tertiary/aromatic N) is 1. The van der Waals surface area contributed by atoms with Crippen LogP contribution in [0.1, 0.15) is 46.5 Å². The second kappa shape index (κ2) is 6.48. The normalized spacial score (nSPS) is 16.8. The second-order valence-corrected chi connectivity index (χ2v) is 6.35. The first-order valence-corrected chi connectivity index (χ1v) is 6.92. The summed E-state index contributed by atoms with van der Waals surface area (Å²) in [5, 5.41) is 0. The van der Waals surface area contributed by atoms with Gasteiger partial charge in [0.15, 0.2) is 0 Å². The van der Waals surface area contributed by atoms with E-state index in [9.17, 15) is 4.79 Å². The van der Waals surface area contributed by atoms with E-state index in [1.165, 1.54) is 12.8 Å². The summed E-state index contributed by atoms with van der Waals surface area (Å²) in [5.74, 6) is -0.00961. The molecule has 1 aliphatic carbocycles. The van der Waals surface area contributed by atoms with Crippen molar-refractivity contribution in [2.75, 3.05) is 13.2 Å². The molecule has 0 saturated heterocycles. The Balaban J connectivity index is 2.58. The Morgan fingerprint density at radius 3 is 2.39 bits per heavy atom. The smallest absolute Gasteiger partial charge is 0.249 e. The van der Waals surface area contributed by atoms with Gasteiger partial charge in [0.2, 0.25) is 5.91 Å². The van der Waals surface area contributed by atoms with Crippen molar-refractivity contribution in [1.29, 1.82) is 0 Å². The number of hydrogen-bond donors (Lipinski definition) is 1. The van der Waals surface area contributed by atoms with E-state index in [4.69, 9.17) is 22.7 Å². The number of thiocarbonyl (C=S) groups is 1. The molecule has 1 rings (SSSR count). The van der Waals surface area contributed by atoms with Crippen molar-refractivity contribution in [3.63, 3.8) is 0 Å². The Hall–Kier alpha value is -0.680. The van der Waals surface area contributed by atoms with Crippen molar-refractivity contribution in [1.82, 2.24) is 4.90 Å². The number of carbonyl (C=O) groups excluding carboxylic acids is 1. The molecule has 0 spiro atoms. The lowest BCUT2D eigenvalue weighted by molar-refractivity contribution is -0.142. The van der Waals surface area contributed by atoms with Gasteiger partial charge in [0.25, 0.3) is 0 Å². The second-order valence-electron chi connectivity index (χ2n) is 5.83. The van der Waals surface area contributed by atoms with E-state index in [0.717, 1.165) is 12.8 Å². The number of nitrogens with two attached hydrogens (primary N) is 1. The van der Waals surface area contributed by atoms with Crippen molar-refractivity contribution in [3.8, 4) is 0 Å². The van der Waals surface area contributed by atoms with Crippen LogP contribution in [0.3, 0.4) is 0 Å². The van der Waals surface area contributed by atoms with Gasteiger partial charge in [-0.1, -0.05) is 25.1 Å². The predicted octanol–water partition coefficient (Wildman–Crippen LogP) is 1.86. The number of carbonyl (C=O) groups is 1. The van der Waals surface area contributed by atoms with Crippen LogP contribution in [0.4, 0.5) is 0 Å². The number of hydrogen-bond acceptors (Lipinski definition) is 3. The molecule has 18 heavy (non-hydrogen) atoms. The highest BCUT2D eigenvalue weighted by Gasteiger charge is 2.27. The minimum Gasteiger partial charge on any atom is -0.392 e. The SMILES string of the molecule is CC(C)(C)OCC(=O)N(CC(N)=S)C1CCCC1. The van der Waals surface area contributed by atoms with Crippen LogP contribution in [0.2, 0.25) is 0 Å². The monoisotopic (exact) mass is 272 g/mol. The molecule has 0 aromatic rings. The molecule has 0 bridgehead atoms. The fourth-order valence-electron chi connectivity index (χ4n) is 2.17. The lowest BCUT2D eigenvalue weighted by Crippen LogP contribution is -2.46. The van der Waals surface area contributed by atoms with Gasteiger partial charge >= 0.3 is 0 Å². The van der Waals surface area contributed by atoms with Gasteiger partial charge in [-0.3, -0.25) is 4.79 Å². The van der Waals surface area contributed by atoms with Gasteiger partial charge in [-0.25, -0.2) is 0 Å². The number of amides is 1. The molecule has 104 valence electrons. The summed E-state index contributed by atoms with van der Waals surface area (Å²) < 4.78 is 5.54. The molecule has 1 saturated carbocycles. The molecule has 1 aliphatic rings. The number of ether oxygens (including phenoxy) is 1. The van der Waals surface area contributed by atoms with Crippen LogP contribution in [-0.2, 0) is 9.53 Å². The summed E-state index contributed by atoms with van der Waals surface area (Å²) in [7, 11) is 0. The third kappa shape index (κ3) is 5.31. The van der Waals surface area contributed by atoms with E-state index in [2.05, 4.69) is 0 Å².